The maximum Gasteiger partial charge on any atom is 0.161 e. The molecule has 20 heavy (non-hydrogen) atoms. The molecule has 0 aliphatic heterocycles. The van der Waals surface area contributed by atoms with Crippen molar-refractivity contribution < 1.29 is 4.74 Å². The van der Waals surface area contributed by atoms with E-state index in [0.717, 1.165) is 23.9 Å². The average Bonchev–Trinajstić information content (AvgIpc) is 2.91. The van der Waals surface area contributed by atoms with Gasteiger partial charge in [-0.15, -0.1) is 0 Å². The summed E-state index contributed by atoms with van der Waals surface area (Å²) in [5.41, 5.74) is 4.11. The summed E-state index contributed by atoms with van der Waals surface area (Å²) in [6.07, 6.45) is 8.16. The Hall–Kier alpha value is -1.07. The maximum absolute atomic E-state index is 5.86. The van der Waals surface area contributed by atoms with Crippen LogP contribution in [0.15, 0.2) is 6.20 Å². The highest BCUT2D eigenvalue weighted by Gasteiger charge is 2.31. The van der Waals surface area contributed by atoms with Crippen molar-refractivity contribution in [2.24, 2.45) is 17.7 Å². The van der Waals surface area contributed by atoms with E-state index in [1.54, 1.807) is 13.3 Å². The van der Waals surface area contributed by atoms with Crippen molar-refractivity contribution in [1.82, 2.24) is 15.2 Å². The smallest absolute Gasteiger partial charge is 0.161 e. The molecule has 0 saturated heterocycles. The quantitative estimate of drug-likeness (QED) is 0.621. The number of hydrogen-bond acceptors (Lipinski definition) is 4. The fourth-order valence-corrected chi connectivity index (χ4v) is 3.47. The molecular formula is C15H28N4O. The van der Waals surface area contributed by atoms with Gasteiger partial charge in [0, 0.05) is 6.54 Å². The van der Waals surface area contributed by atoms with E-state index in [1.165, 1.54) is 32.1 Å². The van der Waals surface area contributed by atoms with Crippen LogP contribution in [-0.4, -0.2) is 16.9 Å². The molecule has 1 fully saturated rings. The minimum absolute atomic E-state index is 0.130. The molecule has 0 bridgehead atoms. The van der Waals surface area contributed by atoms with E-state index in [1.807, 2.05) is 4.68 Å². The SMILES string of the molecule is CCC1CCC(C(NN)c2c(OC)cnn2CC)CC1. The van der Waals surface area contributed by atoms with E-state index < -0.39 is 0 Å². The summed E-state index contributed by atoms with van der Waals surface area (Å²) < 4.78 is 7.46. The van der Waals surface area contributed by atoms with Crippen molar-refractivity contribution in [3.05, 3.63) is 11.9 Å². The van der Waals surface area contributed by atoms with Crippen LogP contribution in [0.4, 0.5) is 0 Å². The maximum atomic E-state index is 5.86. The molecule has 1 aromatic rings. The molecule has 5 heteroatoms. The Labute approximate surface area is 121 Å². The predicted molar refractivity (Wildman–Crippen MR) is 80.3 cm³/mol. The summed E-state index contributed by atoms with van der Waals surface area (Å²) in [5, 5.41) is 4.40. The van der Waals surface area contributed by atoms with Crippen molar-refractivity contribution in [1.29, 1.82) is 0 Å². The number of rotatable bonds is 6. The van der Waals surface area contributed by atoms with E-state index in [2.05, 4.69) is 24.4 Å². The van der Waals surface area contributed by atoms with Crippen LogP contribution in [0.25, 0.3) is 0 Å². The summed E-state index contributed by atoms with van der Waals surface area (Å²) >= 11 is 0. The van der Waals surface area contributed by atoms with Crippen molar-refractivity contribution in [2.75, 3.05) is 7.11 Å². The van der Waals surface area contributed by atoms with Gasteiger partial charge in [-0.3, -0.25) is 16.0 Å². The van der Waals surface area contributed by atoms with Gasteiger partial charge in [-0.25, -0.2) is 0 Å². The van der Waals surface area contributed by atoms with Gasteiger partial charge in [-0.2, -0.15) is 5.10 Å². The third-order valence-electron chi connectivity index (χ3n) is 4.78. The Morgan fingerprint density at radius 3 is 2.60 bits per heavy atom. The summed E-state index contributed by atoms with van der Waals surface area (Å²) in [5.74, 6) is 8.16. The van der Waals surface area contributed by atoms with E-state index in [0.29, 0.717) is 5.92 Å². The molecule has 1 aliphatic carbocycles. The van der Waals surface area contributed by atoms with Gasteiger partial charge in [0.25, 0.3) is 0 Å². The van der Waals surface area contributed by atoms with E-state index in [-0.39, 0.29) is 6.04 Å². The van der Waals surface area contributed by atoms with Crippen molar-refractivity contribution in [3.63, 3.8) is 0 Å². The normalized spacial score (nSPS) is 24.6. The number of hydrazine groups is 1. The van der Waals surface area contributed by atoms with Crippen LogP contribution >= 0.6 is 0 Å². The second kappa shape index (κ2) is 7.09. The van der Waals surface area contributed by atoms with Crippen molar-refractivity contribution in [3.8, 4) is 5.75 Å². The highest BCUT2D eigenvalue weighted by molar-refractivity contribution is 5.29. The minimum Gasteiger partial charge on any atom is -0.493 e. The van der Waals surface area contributed by atoms with Gasteiger partial charge in [-0.1, -0.05) is 26.2 Å². The first-order valence-corrected chi connectivity index (χ1v) is 7.80. The van der Waals surface area contributed by atoms with Gasteiger partial charge in [0.15, 0.2) is 5.75 Å². The number of methoxy groups -OCH3 is 1. The Morgan fingerprint density at radius 2 is 2.10 bits per heavy atom. The second-order valence-corrected chi connectivity index (χ2v) is 5.75. The Kier molecular flexibility index (Phi) is 5.43. The van der Waals surface area contributed by atoms with Crippen LogP contribution < -0.4 is 16.0 Å². The molecule has 2 rings (SSSR count). The van der Waals surface area contributed by atoms with Gasteiger partial charge in [0.2, 0.25) is 0 Å². The molecule has 0 radical (unpaired) electrons. The van der Waals surface area contributed by atoms with E-state index >= 15 is 0 Å². The molecule has 1 atom stereocenters. The molecule has 3 N–H and O–H groups in total. The number of nitrogens with one attached hydrogen (secondary N) is 1. The highest BCUT2D eigenvalue weighted by atomic mass is 16.5. The van der Waals surface area contributed by atoms with Gasteiger partial charge in [0.1, 0.15) is 0 Å². The molecule has 1 unspecified atom stereocenters. The molecule has 1 aliphatic rings. The molecular weight excluding hydrogens is 252 g/mol. The molecule has 0 amide bonds. The third-order valence-corrected chi connectivity index (χ3v) is 4.78. The minimum atomic E-state index is 0.130. The standard InChI is InChI=1S/C15H28N4O/c1-4-11-6-8-12(9-7-11)14(18-16)15-13(20-3)10-17-19(15)5-2/h10-12,14,18H,4-9,16H2,1-3H3. The van der Waals surface area contributed by atoms with Gasteiger partial charge < -0.3 is 4.74 Å². The zero-order chi connectivity index (χ0) is 14.5. The van der Waals surface area contributed by atoms with Crippen LogP contribution in [0, 0.1) is 11.8 Å². The first-order valence-electron chi connectivity index (χ1n) is 7.80. The Morgan fingerprint density at radius 1 is 1.40 bits per heavy atom. The van der Waals surface area contributed by atoms with E-state index in [4.69, 9.17) is 10.6 Å². The summed E-state index contributed by atoms with van der Waals surface area (Å²) in [7, 11) is 1.70. The molecule has 0 spiro atoms. The number of aromatic nitrogens is 2. The molecule has 1 saturated carbocycles. The lowest BCUT2D eigenvalue weighted by atomic mass is 9.77. The van der Waals surface area contributed by atoms with E-state index in [9.17, 15) is 0 Å². The first-order chi connectivity index (χ1) is 9.74. The number of nitrogens with zero attached hydrogens (tertiary/aromatic N) is 2. The predicted octanol–water partition coefficient (Wildman–Crippen LogP) is 2.63. The summed E-state index contributed by atoms with van der Waals surface area (Å²) in [6, 6.07) is 0.130. The van der Waals surface area contributed by atoms with Crippen LogP contribution in [0.3, 0.4) is 0 Å². The number of aryl methyl sites for hydroxylation is 1. The fourth-order valence-electron chi connectivity index (χ4n) is 3.47. The van der Waals surface area contributed by atoms with Gasteiger partial charge in [-0.05, 0) is 31.6 Å². The van der Waals surface area contributed by atoms with Crippen LogP contribution in [0.1, 0.15) is 57.7 Å². The lowest BCUT2D eigenvalue weighted by Crippen LogP contribution is -2.37. The van der Waals surface area contributed by atoms with Crippen LogP contribution in [0.2, 0.25) is 0 Å². The Bertz CT molecular complexity index is 389. The lowest BCUT2D eigenvalue weighted by Gasteiger charge is -2.33. The van der Waals surface area contributed by atoms with Gasteiger partial charge >= 0.3 is 0 Å². The summed E-state index contributed by atoms with van der Waals surface area (Å²) in [6.45, 7) is 5.22. The Balaban J connectivity index is 2.18. The largest absolute Gasteiger partial charge is 0.493 e. The molecule has 1 aromatic heterocycles. The lowest BCUT2D eigenvalue weighted by molar-refractivity contribution is 0.210. The molecule has 1 heterocycles. The van der Waals surface area contributed by atoms with Gasteiger partial charge in [0.05, 0.1) is 25.0 Å². The molecule has 5 nitrogen and oxygen atoms in total. The van der Waals surface area contributed by atoms with Crippen molar-refractivity contribution >= 4 is 0 Å². The molecule has 0 aromatic carbocycles. The topological polar surface area (TPSA) is 65.1 Å². The fraction of sp³-hybridized carbons (Fsp3) is 0.800. The third kappa shape index (κ3) is 2.99. The zero-order valence-corrected chi connectivity index (χ0v) is 12.9. The first kappa shape index (κ1) is 15.3. The van der Waals surface area contributed by atoms with Crippen LogP contribution in [0.5, 0.6) is 5.75 Å². The molecule has 114 valence electrons. The van der Waals surface area contributed by atoms with Crippen molar-refractivity contribution in [2.45, 2.75) is 58.5 Å². The average molecular weight is 280 g/mol. The summed E-state index contributed by atoms with van der Waals surface area (Å²) in [4.78, 5) is 0. The number of hydrogen-bond donors (Lipinski definition) is 2. The second-order valence-electron chi connectivity index (χ2n) is 5.75. The van der Waals surface area contributed by atoms with Crippen LogP contribution in [-0.2, 0) is 6.54 Å². The zero-order valence-electron chi connectivity index (χ0n) is 12.9. The number of nitrogens with two attached hydrogens (primary N) is 1. The number of ether oxygens (including phenoxy) is 1. The highest BCUT2D eigenvalue weighted by Crippen LogP contribution is 2.39. The monoisotopic (exact) mass is 280 g/mol.